The molecule has 1 amide bonds. The largest absolute Gasteiger partial charge is 0.494 e. The van der Waals surface area contributed by atoms with E-state index < -0.39 is 0 Å². The summed E-state index contributed by atoms with van der Waals surface area (Å²) in [5.41, 5.74) is 3.22. The van der Waals surface area contributed by atoms with Gasteiger partial charge in [-0.2, -0.15) is 0 Å². The van der Waals surface area contributed by atoms with E-state index in [-0.39, 0.29) is 5.91 Å². The predicted octanol–water partition coefficient (Wildman–Crippen LogP) is 5.48. The van der Waals surface area contributed by atoms with Gasteiger partial charge in [0.25, 0.3) is 5.91 Å². The number of carbonyl (C=O) groups is 1. The van der Waals surface area contributed by atoms with Gasteiger partial charge in [-0.05, 0) is 36.2 Å². The summed E-state index contributed by atoms with van der Waals surface area (Å²) in [7, 11) is 4.70. The number of ether oxygens (including phenoxy) is 3. The molecule has 0 atom stereocenters. The minimum Gasteiger partial charge on any atom is -0.494 e. The first-order valence-electron chi connectivity index (χ1n) is 10.1. The van der Waals surface area contributed by atoms with Crippen molar-refractivity contribution in [1.29, 1.82) is 0 Å². The number of aryl methyl sites for hydroxylation is 1. The summed E-state index contributed by atoms with van der Waals surface area (Å²) in [6.07, 6.45) is 0. The van der Waals surface area contributed by atoms with E-state index in [0.717, 1.165) is 21.3 Å². The second-order valence-electron chi connectivity index (χ2n) is 7.18. The highest BCUT2D eigenvalue weighted by Gasteiger charge is 2.26. The normalized spacial score (nSPS) is 10.8. The zero-order valence-electron chi connectivity index (χ0n) is 18.4. The monoisotopic (exact) mass is 448 g/mol. The number of para-hydroxylation sites is 1. The zero-order valence-corrected chi connectivity index (χ0v) is 19.2. The average molecular weight is 449 g/mol. The number of fused-ring (bicyclic) bond motifs is 1. The van der Waals surface area contributed by atoms with Crippen molar-refractivity contribution in [3.05, 3.63) is 77.4 Å². The molecule has 0 aliphatic heterocycles. The second-order valence-corrected chi connectivity index (χ2v) is 8.15. The maximum absolute atomic E-state index is 13.8. The minimum absolute atomic E-state index is 0.222. The van der Waals surface area contributed by atoms with Crippen LogP contribution in [0.3, 0.4) is 0 Å². The van der Waals surface area contributed by atoms with Gasteiger partial charge >= 0.3 is 0 Å². The van der Waals surface area contributed by atoms with Crippen LogP contribution >= 0.6 is 11.3 Å². The quantitative estimate of drug-likeness (QED) is 0.375. The van der Waals surface area contributed by atoms with Crippen LogP contribution in [-0.4, -0.2) is 32.2 Å². The number of thiazole rings is 1. The lowest BCUT2D eigenvalue weighted by Crippen LogP contribution is -2.30. The molecule has 0 spiro atoms. The van der Waals surface area contributed by atoms with Crippen LogP contribution in [0.25, 0.3) is 10.2 Å². The molecule has 4 rings (SSSR count). The molecule has 0 bridgehead atoms. The lowest BCUT2D eigenvalue weighted by Gasteiger charge is -2.22. The number of nitrogens with zero attached hydrogens (tertiary/aromatic N) is 2. The molecule has 32 heavy (non-hydrogen) atoms. The van der Waals surface area contributed by atoms with Crippen molar-refractivity contribution in [2.24, 2.45) is 0 Å². The number of hydrogen-bond donors (Lipinski definition) is 0. The van der Waals surface area contributed by atoms with E-state index in [2.05, 4.69) is 0 Å². The first kappa shape index (κ1) is 21.6. The van der Waals surface area contributed by atoms with Crippen molar-refractivity contribution >= 4 is 32.6 Å². The van der Waals surface area contributed by atoms with Crippen LogP contribution in [0, 0.1) is 6.92 Å². The van der Waals surface area contributed by atoms with Crippen molar-refractivity contribution in [3.8, 4) is 17.2 Å². The summed E-state index contributed by atoms with van der Waals surface area (Å²) in [5.74, 6) is 1.35. The molecule has 0 fully saturated rings. The van der Waals surface area contributed by atoms with E-state index >= 15 is 0 Å². The van der Waals surface area contributed by atoms with Gasteiger partial charge in [0.05, 0.1) is 38.1 Å². The minimum atomic E-state index is -0.222. The molecular weight excluding hydrogens is 424 g/mol. The number of amides is 1. The smallest absolute Gasteiger partial charge is 0.264 e. The maximum atomic E-state index is 13.8. The van der Waals surface area contributed by atoms with Gasteiger partial charge in [-0.1, -0.05) is 53.8 Å². The third-order valence-electron chi connectivity index (χ3n) is 5.20. The Labute approximate surface area is 191 Å². The summed E-state index contributed by atoms with van der Waals surface area (Å²) in [6, 6.07) is 19.0. The summed E-state index contributed by atoms with van der Waals surface area (Å²) in [5, 5.41) is 0.589. The van der Waals surface area contributed by atoms with Gasteiger partial charge in [-0.25, -0.2) is 4.98 Å². The predicted molar refractivity (Wildman–Crippen MR) is 127 cm³/mol. The number of methoxy groups -OCH3 is 3. The van der Waals surface area contributed by atoms with Crippen molar-refractivity contribution in [2.45, 2.75) is 13.5 Å². The number of benzene rings is 3. The number of aromatic nitrogens is 1. The van der Waals surface area contributed by atoms with Crippen molar-refractivity contribution in [3.63, 3.8) is 0 Å². The van der Waals surface area contributed by atoms with Gasteiger partial charge in [0.2, 0.25) is 0 Å². The van der Waals surface area contributed by atoms with Crippen LogP contribution in [0.2, 0.25) is 0 Å². The molecule has 1 aromatic heterocycles. The molecule has 3 aromatic carbocycles. The Hall–Kier alpha value is -3.58. The van der Waals surface area contributed by atoms with Crippen molar-refractivity contribution in [2.75, 3.05) is 26.2 Å². The zero-order chi connectivity index (χ0) is 22.7. The molecule has 7 heteroatoms. The third kappa shape index (κ3) is 3.99. The van der Waals surface area contributed by atoms with E-state index in [1.165, 1.54) is 18.4 Å². The van der Waals surface area contributed by atoms with Gasteiger partial charge in [-0.15, -0.1) is 0 Å². The second kappa shape index (κ2) is 9.28. The number of carbonyl (C=O) groups excluding carboxylic acids is 1. The molecule has 1 heterocycles. The Morgan fingerprint density at radius 1 is 0.906 bits per heavy atom. The standard InChI is InChI=1S/C25H24N2O4S/c1-16-13-14-19(29-2)21-23(16)32-25(26-21)27(15-17-9-6-5-7-10-17)24(28)18-11-8-12-20(30-3)22(18)31-4/h5-14H,15H2,1-4H3. The van der Waals surface area contributed by atoms with Crippen LogP contribution in [0.4, 0.5) is 5.13 Å². The fourth-order valence-corrected chi connectivity index (χ4v) is 4.62. The molecular formula is C25H24N2O4S. The Morgan fingerprint density at radius 3 is 2.34 bits per heavy atom. The highest BCUT2D eigenvalue weighted by Crippen LogP contribution is 2.39. The van der Waals surface area contributed by atoms with Crippen LogP contribution in [0.5, 0.6) is 17.2 Å². The maximum Gasteiger partial charge on any atom is 0.264 e. The topological polar surface area (TPSA) is 60.9 Å². The lowest BCUT2D eigenvalue weighted by molar-refractivity contribution is 0.0981. The van der Waals surface area contributed by atoms with Crippen molar-refractivity contribution < 1.29 is 19.0 Å². The molecule has 0 aliphatic rings. The van der Waals surface area contributed by atoms with E-state index in [0.29, 0.717) is 34.5 Å². The molecule has 6 nitrogen and oxygen atoms in total. The highest BCUT2D eigenvalue weighted by molar-refractivity contribution is 7.22. The summed E-state index contributed by atoms with van der Waals surface area (Å²) < 4.78 is 17.4. The SMILES string of the molecule is COc1cccc(C(=O)N(Cc2ccccc2)c2nc3c(OC)ccc(C)c3s2)c1OC. The fraction of sp³-hybridized carbons (Fsp3) is 0.200. The van der Waals surface area contributed by atoms with E-state index in [1.54, 1.807) is 37.3 Å². The van der Waals surface area contributed by atoms with Crippen LogP contribution in [0.1, 0.15) is 21.5 Å². The third-order valence-corrected chi connectivity index (χ3v) is 6.42. The van der Waals surface area contributed by atoms with Gasteiger partial charge < -0.3 is 14.2 Å². The fourth-order valence-electron chi connectivity index (χ4n) is 3.57. The molecule has 0 saturated heterocycles. The molecule has 4 aromatic rings. The number of rotatable bonds is 7. The Bertz CT molecular complexity index is 1250. The molecule has 0 saturated carbocycles. The summed E-state index contributed by atoms with van der Waals surface area (Å²) in [6.45, 7) is 2.39. The molecule has 0 unspecified atom stereocenters. The van der Waals surface area contributed by atoms with Gasteiger partial charge in [-0.3, -0.25) is 9.69 Å². The van der Waals surface area contributed by atoms with Crippen LogP contribution < -0.4 is 19.1 Å². The Balaban J connectivity index is 1.86. The van der Waals surface area contributed by atoms with Gasteiger partial charge in [0.1, 0.15) is 11.3 Å². The molecule has 0 radical (unpaired) electrons. The summed E-state index contributed by atoms with van der Waals surface area (Å²) >= 11 is 1.47. The van der Waals surface area contributed by atoms with Gasteiger partial charge in [0, 0.05) is 0 Å². The van der Waals surface area contributed by atoms with E-state index in [4.69, 9.17) is 19.2 Å². The first-order chi connectivity index (χ1) is 15.6. The Morgan fingerprint density at radius 2 is 1.66 bits per heavy atom. The van der Waals surface area contributed by atoms with Crippen LogP contribution in [0.15, 0.2) is 60.7 Å². The Kier molecular flexibility index (Phi) is 6.28. The molecule has 0 N–H and O–H groups in total. The van der Waals surface area contributed by atoms with Crippen LogP contribution in [-0.2, 0) is 6.54 Å². The number of anilines is 1. The first-order valence-corrected chi connectivity index (χ1v) is 10.9. The lowest BCUT2D eigenvalue weighted by atomic mass is 10.1. The van der Waals surface area contributed by atoms with E-state index in [9.17, 15) is 4.79 Å². The average Bonchev–Trinajstić information content (AvgIpc) is 3.28. The van der Waals surface area contributed by atoms with Gasteiger partial charge in [0.15, 0.2) is 16.6 Å². The van der Waals surface area contributed by atoms with Crippen molar-refractivity contribution in [1.82, 2.24) is 4.98 Å². The molecule has 164 valence electrons. The highest BCUT2D eigenvalue weighted by atomic mass is 32.1. The van der Waals surface area contributed by atoms with E-state index in [1.807, 2.05) is 49.4 Å². The molecule has 0 aliphatic carbocycles. The number of hydrogen-bond acceptors (Lipinski definition) is 6. The summed E-state index contributed by atoms with van der Waals surface area (Å²) in [4.78, 5) is 20.3.